The Morgan fingerprint density at radius 2 is 1.11 bits per heavy atom. The Balaban J connectivity index is 1.31. The van der Waals surface area contributed by atoms with Crippen molar-refractivity contribution in [2.45, 2.75) is 6.92 Å². The molecule has 0 aliphatic carbocycles. The van der Waals surface area contributed by atoms with E-state index in [4.69, 9.17) is 9.40 Å². The quantitative estimate of drug-likeness (QED) is 0.274. The molecule has 178 valence electrons. The molecule has 4 aromatic carbocycles. The monoisotopic (exact) mass is 482 g/mol. The molecule has 0 saturated carbocycles. The van der Waals surface area contributed by atoms with Crippen LogP contribution in [0.5, 0.6) is 0 Å². The number of anilines is 2. The second-order valence-electron chi connectivity index (χ2n) is 8.55. The number of benzene rings is 4. The lowest BCUT2D eigenvalue weighted by Gasteiger charge is -2.12. The number of nitrogens with zero attached hydrogens (tertiary/aromatic N) is 5. The molecule has 6 aromatic rings. The van der Waals surface area contributed by atoms with Crippen LogP contribution in [0.4, 0.5) is 11.5 Å². The van der Waals surface area contributed by atoms with Crippen molar-refractivity contribution in [3.05, 3.63) is 115 Å². The van der Waals surface area contributed by atoms with E-state index in [2.05, 4.69) is 32.6 Å². The molecule has 0 radical (unpaired) electrons. The molecular formula is C30H22N6O. The number of hydrogen-bond acceptors (Lipinski definition) is 7. The third-order valence-electron chi connectivity index (χ3n) is 5.88. The smallest absolute Gasteiger partial charge is 0.248 e. The Kier molecular flexibility index (Phi) is 5.93. The second kappa shape index (κ2) is 9.83. The average Bonchev–Trinajstić information content (AvgIpc) is 3.45. The zero-order valence-corrected chi connectivity index (χ0v) is 20.0. The van der Waals surface area contributed by atoms with Crippen LogP contribution in [0.1, 0.15) is 5.56 Å². The first-order valence-corrected chi connectivity index (χ1v) is 11.9. The van der Waals surface area contributed by atoms with Gasteiger partial charge in [-0.2, -0.15) is 0 Å². The summed E-state index contributed by atoms with van der Waals surface area (Å²) in [6, 6.07) is 35.4. The normalized spacial score (nSPS) is 10.8. The minimum absolute atomic E-state index is 0.459. The van der Waals surface area contributed by atoms with Crippen LogP contribution < -0.4 is 5.32 Å². The molecule has 1 N–H and O–H groups in total. The summed E-state index contributed by atoms with van der Waals surface area (Å²) < 4.78 is 5.89. The molecule has 7 nitrogen and oxygen atoms in total. The molecule has 0 spiro atoms. The highest BCUT2D eigenvalue weighted by Gasteiger charge is 2.14. The molecule has 0 bridgehead atoms. The molecule has 6 rings (SSSR count). The van der Waals surface area contributed by atoms with Crippen molar-refractivity contribution >= 4 is 11.5 Å². The average molecular weight is 483 g/mol. The van der Waals surface area contributed by atoms with Gasteiger partial charge in [0.2, 0.25) is 11.8 Å². The van der Waals surface area contributed by atoms with Gasteiger partial charge in [0.05, 0.1) is 0 Å². The molecule has 0 aliphatic rings. The third kappa shape index (κ3) is 4.83. The van der Waals surface area contributed by atoms with E-state index in [0.717, 1.165) is 27.9 Å². The van der Waals surface area contributed by atoms with E-state index in [0.29, 0.717) is 29.1 Å². The Labute approximate surface area is 213 Å². The minimum Gasteiger partial charge on any atom is -0.416 e. The fourth-order valence-electron chi connectivity index (χ4n) is 3.90. The van der Waals surface area contributed by atoms with Gasteiger partial charge in [-0.1, -0.05) is 78.4 Å². The SMILES string of the molecule is Cc1ccc(-c2nnc(-c3ccccc3)c(Nc3ccc(-c4nnc(-c5ccccc5)o4)cc3)n2)cc1. The van der Waals surface area contributed by atoms with Crippen LogP contribution in [-0.4, -0.2) is 25.4 Å². The van der Waals surface area contributed by atoms with Crippen LogP contribution in [0.15, 0.2) is 114 Å². The number of nitrogens with one attached hydrogen (secondary N) is 1. The zero-order chi connectivity index (χ0) is 25.0. The van der Waals surface area contributed by atoms with Gasteiger partial charge in [-0.15, -0.1) is 20.4 Å². The molecule has 37 heavy (non-hydrogen) atoms. The van der Waals surface area contributed by atoms with Gasteiger partial charge in [0.1, 0.15) is 5.69 Å². The first kappa shape index (κ1) is 22.3. The maximum atomic E-state index is 5.89. The van der Waals surface area contributed by atoms with Crippen LogP contribution >= 0.6 is 0 Å². The highest BCUT2D eigenvalue weighted by molar-refractivity contribution is 5.76. The summed E-state index contributed by atoms with van der Waals surface area (Å²) >= 11 is 0. The van der Waals surface area contributed by atoms with Gasteiger partial charge in [-0.05, 0) is 43.3 Å². The van der Waals surface area contributed by atoms with Crippen molar-refractivity contribution in [1.82, 2.24) is 25.4 Å². The lowest BCUT2D eigenvalue weighted by atomic mass is 10.1. The van der Waals surface area contributed by atoms with Gasteiger partial charge < -0.3 is 9.73 Å². The first-order chi connectivity index (χ1) is 18.2. The van der Waals surface area contributed by atoms with Gasteiger partial charge in [0.15, 0.2) is 11.6 Å². The lowest BCUT2D eigenvalue weighted by molar-refractivity contribution is 0.584. The maximum absolute atomic E-state index is 5.89. The van der Waals surface area contributed by atoms with Crippen LogP contribution in [0.25, 0.3) is 45.6 Å². The number of hydrogen-bond donors (Lipinski definition) is 1. The molecule has 0 atom stereocenters. The second-order valence-corrected chi connectivity index (χ2v) is 8.55. The summed E-state index contributed by atoms with van der Waals surface area (Å²) in [5.74, 6) is 2.12. The standard InChI is InChI=1S/C30H22N6O/c1-20-12-14-22(15-13-20)27-32-28(26(33-34-27)21-8-4-2-5-9-21)31-25-18-16-24(17-19-25)30-36-35-29(37-30)23-10-6-3-7-11-23/h2-19H,1H3,(H,31,32,34). The minimum atomic E-state index is 0.459. The Morgan fingerprint density at radius 3 is 1.76 bits per heavy atom. The van der Waals surface area contributed by atoms with Crippen molar-refractivity contribution in [2.75, 3.05) is 5.32 Å². The van der Waals surface area contributed by atoms with E-state index in [1.807, 2.05) is 109 Å². The highest BCUT2D eigenvalue weighted by Crippen LogP contribution is 2.30. The van der Waals surface area contributed by atoms with E-state index in [9.17, 15) is 0 Å². The van der Waals surface area contributed by atoms with Gasteiger partial charge in [0.25, 0.3) is 0 Å². The number of aryl methyl sites for hydroxylation is 1. The topological polar surface area (TPSA) is 89.6 Å². The van der Waals surface area contributed by atoms with Crippen LogP contribution in [0.2, 0.25) is 0 Å². The van der Waals surface area contributed by atoms with E-state index in [1.165, 1.54) is 5.56 Å². The molecule has 7 heteroatoms. The van der Waals surface area contributed by atoms with Gasteiger partial charge >= 0.3 is 0 Å². The molecule has 0 fully saturated rings. The molecule has 0 amide bonds. The van der Waals surface area contributed by atoms with Gasteiger partial charge in [-0.25, -0.2) is 4.98 Å². The molecular weight excluding hydrogens is 460 g/mol. The summed E-state index contributed by atoms with van der Waals surface area (Å²) in [7, 11) is 0. The predicted octanol–water partition coefficient (Wildman–Crippen LogP) is 6.97. The van der Waals surface area contributed by atoms with Gasteiger partial charge in [0, 0.05) is 27.9 Å². The molecule has 0 unspecified atom stereocenters. The summed E-state index contributed by atoms with van der Waals surface area (Å²) in [6.07, 6.45) is 0. The Hall–Kier alpha value is -5.17. The van der Waals surface area contributed by atoms with Crippen molar-refractivity contribution < 1.29 is 4.42 Å². The number of rotatable bonds is 6. The van der Waals surface area contributed by atoms with Crippen molar-refractivity contribution in [1.29, 1.82) is 0 Å². The zero-order valence-electron chi connectivity index (χ0n) is 20.0. The molecule has 0 aliphatic heterocycles. The van der Waals surface area contributed by atoms with Crippen LogP contribution in [-0.2, 0) is 0 Å². The van der Waals surface area contributed by atoms with E-state index >= 15 is 0 Å². The molecule has 2 aromatic heterocycles. The van der Waals surface area contributed by atoms with Crippen LogP contribution in [0, 0.1) is 6.92 Å². The van der Waals surface area contributed by atoms with E-state index in [1.54, 1.807) is 0 Å². The Morgan fingerprint density at radius 1 is 0.541 bits per heavy atom. The van der Waals surface area contributed by atoms with Crippen molar-refractivity contribution in [3.8, 4) is 45.6 Å². The largest absolute Gasteiger partial charge is 0.416 e. The molecule has 0 saturated heterocycles. The number of aromatic nitrogens is 5. The summed E-state index contributed by atoms with van der Waals surface area (Å²) in [5, 5.41) is 20.8. The third-order valence-corrected chi connectivity index (χ3v) is 5.88. The predicted molar refractivity (Wildman–Crippen MR) is 144 cm³/mol. The highest BCUT2D eigenvalue weighted by atomic mass is 16.4. The Bertz CT molecular complexity index is 1630. The van der Waals surface area contributed by atoms with E-state index in [-0.39, 0.29) is 0 Å². The maximum Gasteiger partial charge on any atom is 0.248 e. The summed E-state index contributed by atoms with van der Waals surface area (Å²) in [6.45, 7) is 2.05. The molecule has 2 heterocycles. The van der Waals surface area contributed by atoms with Crippen molar-refractivity contribution in [3.63, 3.8) is 0 Å². The van der Waals surface area contributed by atoms with Gasteiger partial charge in [-0.3, -0.25) is 0 Å². The fourth-order valence-corrected chi connectivity index (χ4v) is 3.90. The lowest BCUT2D eigenvalue weighted by Crippen LogP contribution is -2.03. The van der Waals surface area contributed by atoms with Crippen LogP contribution in [0.3, 0.4) is 0 Å². The summed E-state index contributed by atoms with van der Waals surface area (Å²) in [4.78, 5) is 4.84. The van der Waals surface area contributed by atoms with Crippen molar-refractivity contribution in [2.24, 2.45) is 0 Å². The first-order valence-electron chi connectivity index (χ1n) is 11.9. The van der Waals surface area contributed by atoms with E-state index < -0.39 is 0 Å². The fraction of sp³-hybridized carbons (Fsp3) is 0.0333. The summed E-state index contributed by atoms with van der Waals surface area (Å²) in [5.41, 5.74) is 6.23.